The number of aromatic amines is 1. The molecule has 9 nitrogen and oxygen atoms in total. The lowest BCUT2D eigenvalue weighted by Gasteiger charge is -2.32. The Morgan fingerprint density at radius 2 is 1.88 bits per heavy atom. The van der Waals surface area contributed by atoms with Gasteiger partial charge in [0.1, 0.15) is 5.52 Å². The number of carbonyl (C=O) groups excluding carboxylic acids is 1. The van der Waals surface area contributed by atoms with Gasteiger partial charge < -0.3 is 9.88 Å². The summed E-state index contributed by atoms with van der Waals surface area (Å²) in [6, 6.07) is 12.4. The Morgan fingerprint density at radius 3 is 2.56 bits per heavy atom. The van der Waals surface area contributed by atoms with Gasteiger partial charge in [-0.3, -0.25) is 14.3 Å². The number of likely N-dealkylation sites (tertiary alicyclic amines) is 1. The van der Waals surface area contributed by atoms with Gasteiger partial charge in [0.15, 0.2) is 11.5 Å². The summed E-state index contributed by atoms with van der Waals surface area (Å²) in [7, 11) is 0. The van der Waals surface area contributed by atoms with E-state index in [9.17, 15) is 32.4 Å². The minimum atomic E-state index is -4.80. The second kappa shape index (κ2) is 10.5. The van der Waals surface area contributed by atoms with Crippen molar-refractivity contribution < 1.29 is 22.4 Å². The summed E-state index contributed by atoms with van der Waals surface area (Å²) in [6.45, 7) is 2.05. The van der Waals surface area contributed by atoms with Crippen molar-refractivity contribution in [2.45, 2.75) is 32.0 Å². The molecule has 1 N–H and O–H groups in total. The number of pyridine rings is 1. The van der Waals surface area contributed by atoms with Gasteiger partial charge in [-0.15, -0.1) is 0 Å². The molecule has 1 saturated heterocycles. The highest BCUT2D eigenvalue weighted by Crippen LogP contribution is 2.37. The maximum Gasteiger partial charge on any atom is 0.418 e. The number of amides is 1. The van der Waals surface area contributed by atoms with Crippen molar-refractivity contribution in [1.82, 2.24) is 29.2 Å². The van der Waals surface area contributed by atoms with Crippen LogP contribution in [0.5, 0.6) is 0 Å². The molecule has 4 heterocycles. The van der Waals surface area contributed by atoms with Gasteiger partial charge in [0.05, 0.1) is 34.1 Å². The van der Waals surface area contributed by atoms with E-state index in [2.05, 4.69) is 15.1 Å². The van der Waals surface area contributed by atoms with Gasteiger partial charge in [-0.25, -0.2) is 13.9 Å². The molecule has 0 unspecified atom stereocenters. The number of hydrogen-bond donors (Lipinski definition) is 1. The van der Waals surface area contributed by atoms with Gasteiger partial charge in [0.25, 0.3) is 5.91 Å². The summed E-state index contributed by atoms with van der Waals surface area (Å²) in [4.78, 5) is 34.6. The Bertz CT molecular complexity index is 1960. The molecule has 43 heavy (non-hydrogen) atoms. The van der Waals surface area contributed by atoms with Crippen LogP contribution in [0.4, 0.5) is 17.6 Å². The minimum Gasteiger partial charge on any atom is -0.337 e. The summed E-state index contributed by atoms with van der Waals surface area (Å²) < 4.78 is 59.6. The van der Waals surface area contributed by atoms with Gasteiger partial charge in [0.2, 0.25) is 0 Å². The molecule has 0 bridgehead atoms. The van der Waals surface area contributed by atoms with Gasteiger partial charge in [-0.2, -0.15) is 23.5 Å². The lowest BCUT2D eigenvalue weighted by molar-refractivity contribution is -0.137. The predicted octanol–water partition coefficient (Wildman–Crippen LogP) is 5.39. The fourth-order valence-electron chi connectivity index (χ4n) is 5.52. The van der Waals surface area contributed by atoms with Crippen LogP contribution < -0.4 is 5.69 Å². The average Bonchev–Trinajstić information content (AvgIpc) is 3.60. The van der Waals surface area contributed by atoms with Crippen molar-refractivity contribution in [3.63, 3.8) is 0 Å². The lowest BCUT2D eigenvalue weighted by atomic mass is 10.0. The lowest BCUT2D eigenvalue weighted by Crippen LogP contribution is -2.40. The normalized spacial score (nSPS) is 14.3. The summed E-state index contributed by atoms with van der Waals surface area (Å²) in [5, 5.41) is 13.5. The van der Waals surface area contributed by atoms with E-state index in [4.69, 9.17) is 0 Å². The SMILES string of the molecule is Cc1ccc2[nH]c(=O)n(C3CCN(C(=O)c4cc(-c5cccnc5)n(-c5ccc(C#N)cc5C(F)(F)F)n4)CC3)c2c1F. The first-order chi connectivity index (χ1) is 20.6. The topological polar surface area (TPSA) is 113 Å². The van der Waals surface area contributed by atoms with Gasteiger partial charge in [0, 0.05) is 37.1 Å². The highest BCUT2D eigenvalue weighted by Gasteiger charge is 2.36. The molecule has 1 fully saturated rings. The van der Waals surface area contributed by atoms with Crippen molar-refractivity contribution in [3.8, 4) is 23.0 Å². The van der Waals surface area contributed by atoms with Crippen LogP contribution in [-0.2, 0) is 6.18 Å². The van der Waals surface area contributed by atoms with Crippen molar-refractivity contribution in [1.29, 1.82) is 5.26 Å². The number of aryl methyl sites for hydroxylation is 1. The van der Waals surface area contributed by atoms with Crippen molar-refractivity contribution in [3.05, 3.63) is 99.6 Å². The van der Waals surface area contributed by atoms with Crippen LogP contribution in [0.25, 0.3) is 28.0 Å². The zero-order valence-corrected chi connectivity index (χ0v) is 22.7. The Balaban J connectivity index is 1.33. The quantitative estimate of drug-likeness (QED) is 0.283. The number of benzene rings is 2. The number of carbonyl (C=O) groups is 1. The zero-order valence-electron chi connectivity index (χ0n) is 22.7. The number of fused-ring (bicyclic) bond motifs is 1. The van der Waals surface area contributed by atoms with Crippen LogP contribution in [0, 0.1) is 24.1 Å². The molecular formula is C30H23F4N7O2. The van der Waals surface area contributed by atoms with Gasteiger partial charge >= 0.3 is 11.9 Å². The standard InChI is InChI=1S/C30H23F4N7O2/c1-17-4-6-22-27(26(17)31)40(29(43)37-22)20-8-11-39(12-9-20)28(42)23-14-25(19-3-2-10-36-16-19)41(38-23)24-7-5-18(15-35)13-21(24)30(32,33)34/h2-7,10,13-14,16,20H,8-9,11-12H2,1H3,(H,37,43). The van der Waals surface area contributed by atoms with E-state index in [1.54, 1.807) is 37.3 Å². The van der Waals surface area contributed by atoms with Crippen LogP contribution in [0.3, 0.4) is 0 Å². The maximum atomic E-state index is 15.0. The molecule has 6 rings (SSSR count). The average molecular weight is 590 g/mol. The second-order valence-electron chi connectivity index (χ2n) is 10.3. The summed E-state index contributed by atoms with van der Waals surface area (Å²) in [5.41, 5.74) is -0.491. The highest BCUT2D eigenvalue weighted by atomic mass is 19.4. The Kier molecular flexibility index (Phi) is 6.84. The van der Waals surface area contributed by atoms with Crippen LogP contribution in [0.15, 0.2) is 65.7 Å². The number of nitrogens with zero attached hydrogens (tertiary/aromatic N) is 6. The fourth-order valence-corrected chi connectivity index (χ4v) is 5.52. The first-order valence-electron chi connectivity index (χ1n) is 13.4. The summed E-state index contributed by atoms with van der Waals surface area (Å²) in [5.74, 6) is -0.985. The number of piperidine rings is 1. The van der Waals surface area contributed by atoms with Gasteiger partial charge in [-0.1, -0.05) is 6.07 Å². The van der Waals surface area contributed by atoms with E-state index in [0.29, 0.717) is 29.5 Å². The number of alkyl halides is 3. The van der Waals surface area contributed by atoms with Crippen molar-refractivity contribution in [2.24, 2.45) is 0 Å². The summed E-state index contributed by atoms with van der Waals surface area (Å²) >= 11 is 0. The van der Waals surface area contributed by atoms with Crippen LogP contribution >= 0.6 is 0 Å². The van der Waals surface area contributed by atoms with E-state index < -0.39 is 29.2 Å². The molecular weight excluding hydrogens is 566 g/mol. The number of H-pyrrole nitrogens is 1. The van der Waals surface area contributed by atoms with E-state index in [0.717, 1.165) is 16.8 Å². The molecule has 1 aliphatic heterocycles. The molecule has 0 spiro atoms. The number of nitriles is 1. The molecule has 0 saturated carbocycles. The predicted molar refractivity (Wildman–Crippen MR) is 148 cm³/mol. The smallest absolute Gasteiger partial charge is 0.337 e. The molecule has 0 aliphatic carbocycles. The number of rotatable bonds is 4. The number of nitrogens with one attached hydrogen (secondary N) is 1. The molecule has 13 heteroatoms. The number of halogens is 4. The highest BCUT2D eigenvalue weighted by molar-refractivity contribution is 5.93. The van der Waals surface area contributed by atoms with Crippen LogP contribution in [0.2, 0.25) is 0 Å². The molecule has 2 aromatic carbocycles. The third kappa shape index (κ3) is 4.94. The third-order valence-corrected chi connectivity index (χ3v) is 7.67. The van der Waals surface area contributed by atoms with Gasteiger partial charge in [-0.05, 0) is 67.8 Å². The van der Waals surface area contributed by atoms with E-state index in [-0.39, 0.29) is 47.3 Å². The maximum absolute atomic E-state index is 15.0. The van der Waals surface area contributed by atoms with E-state index in [1.165, 1.54) is 34.0 Å². The molecule has 5 aromatic rings. The molecule has 3 aromatic heterocycles. The molecule has 0 radical (unpaired) electrons. The van der Waals surface area contributed by atoms with Crippen LogP contribution in [-0.4, -0.2) is 48.2 Å². The third-order valence-electron chi connectivity index (χ3n) is 7.67. The first kappa shape index (κ1) is 27.9. The zero-order chi connectivity index (χ0) is 30.5. The number of hydrogen-bond acceptors (Lipinski definition) is 5. The largest absolute Gasteiger partial charge is 0.418 e. The minimum absolute atomic E-state index is 0.0827. The van der Waals surface area contributed by atoms with Crippen molar-refractivity contribution >= 4 is 16.9 Å². The Labute approximate surface area is 241 Å². The van der Waals surface area contributed by atoms with Crippen molar-refractivity contribution in [2.75, 3.05) is 13.1 Å². The first-order valence-corrected chi connectivity index (χ1v) is 13.4. The molecule has 1 amide bonds. The Morgan fingerprint density at radius 1 is 1.12 bits per heavy atom. The van der Waals surface area contributed by atoms with E-state index >= 15 is 0 Å². The molecule has 218 valence electrons. The van der Waals surface area contributed by atoms with Crippen LogP contribution in [0.1, 0.15) is 46.1 Å². The second-order valence-corrected chi connectivity index (χ2v) is 10.3. The van der Waals surface area contributed by atoms with E-state index in [1.807, 2.05) is 0 Å². The number of aromatic nitrogens is 5. The Hall–Kier alpha value is -5.25. The fraction of sp³-hybridized carbons (Fsp3) is 0.233. The summed E-state index contributed by atoms with van der Waals surface area (Å²) in [6.07, 6.45) is -1.13. The monoisotopic (exact) mass is 589 g/mol. The number of imidazole rings is 1. The molecule has 0 atom stereocenters. The molecule has 1 aliphatic rings.